The first-order chi connectivity index (χ1) is 13.5. The molecule has 0 aromatic heterocycles. The van der Waals surface area contributed by atoms with Crippen LogP contribution in [0, 0.1) is 0 Å². The van der Waals surface area contributed by atoms with Crippen LogP contribution in [-0.4, -0.2) is 23.2 Å². The molecule has 0 bridgehead atoms. The van der Waals surface area contributed by atoms with Crippen LogP contribution in [-0.2, 0) is 14.9 Å². The molecule has 0 heterocycles. The lowest BCUT2D eigenvalue weighted by Gasteiger charge is -2.34. The minimum atomic E-state index is -5.10. The fraction of sp³-hybridized carbons (Fsp3) is 0.0526. The van der Waals surface area contributed by atoms with Gasteiger partial charge in [-0.2, -0.15) is 8.42 Å². The normalized spacial score (nSPS) is 13.8. The largest absolute Gasteiger partial charge is 0.506 e. The summed E-state index contributed by atoms with van der Waals surface area (Å²) in [7, 11) is -5.10. The van der Waals surface area contributed by atoms with Crippen molar-refractivity contribution >= 4 is 56.5 Å². The van der Waals surface area contributed by atoms with Crippen molar-refractivity contribution in [3.63, 3.8) is 0 Å². The quantitative estimate of drug-likeness (QED) is 0.311. The van der Waals surface area contributed by atoms with Gasteiger partial charge in [-0.15, -0.1) is 0 Å². The van der Waals surface area contributed by atoms with Crippen molar-refractivity contribution in [1.82, 2.24) is 0 Å². The third-order valence-corrected chi connectivity index (χ3v) is 7.08. The van der Waals surface area contributed by atoms with Gasteiger partial charge in [0.1, 0.15) is 10.8 Å². The lowest BCUT2D eigenvalue weighted by Crippen LogP contribution is -2.38. The zero-order valence-electron chi connectivity index (χ0n) is 14.3. The van der Waals surface area contributed by atoms with Crippen molar-refractivity contribution in [1.29, 1.82) is 0 Å². The Labute approximate surface area is 186 Å². The molecule has 3 aromatic carbocycles. The first kappa shape index (κ1) is 22.0. The Morgan fingerprint density at radius 3 is 1.97 bits per heavy atom. The minimum absolute atomic E-state index is 0.0276. The van der Waals surface area contributed by atoms with Gasteiger partial charge in [0.25, 0.3) is 10.1 Å². The molecular weight excluding hydrogens is 482 g/mol. The van der Waals surface area contributed by atoms with Crippen molar-refractivity contribution in [3.05, 3.63) is 91.4 Å². The summed E-state index contributed by atoms with van der Waals surface area (Å²) in [5.74, 6) is -1.45. The molecule has 0 fully saturated rings. The molecule has 0 saturated carbocycles. The SMILES string of the molecule is O=S(=O)(O)C(c1ccccc1)(c1cc(Cl)ccc1Cl)c1cc(Cl)c(O)c(Cl)c1O. The van der Waals surface area contributed by atoms with Crippen LogP contribution in [0.3, 0.4) is 0 Å². The monoisotopic (exact) mass is 492 g/mol. The van der Waals surface area contributed by atoms with Gasteiger partial charge in [0.15, 0.2) is 10.5 Å². The molecular formula is C19H12Cl4O5S. The number of halogens is 4. The van der Waals surface area contributed by atoms with E-state index in [9.17, 15) is 23.2 Å². The summed E-state index contributed by atoms with van der Waals surface area (Å²) in [4.78, 5) is 0. The van der Waals surface area contributed by atoms with Gasteiger partial charge in [-0.25, -0.2) is 0 Å². The summed E-state index contributed by atoms with van der Waals surface area (Å²) in [6, 6.07) is 12.6. The highest BCUT2D eigenvalue weighted by molar-refractivity contribution is 7.87. The smallest absolute Gasteiger partial charge is 0.283 e. The average Bonchev–Trinajstić information content (AvgIpc) is 2.67. The molecule has 29 heavy (non-hydrogen) atoms. The van der Waals surface area contributed by atoms with Gasteiger partial charge < -0.3 is 10.2 Å². The number of phenols is 2. The van der Waals surface area contributed by atoms with Gasteiger partial charge in [0.2, 0.25) is 0 Å². The standard InChI is InChI=1S/C19H12Cl4O5S/c20-11-6-7-14(21)12(8-11)19(29(26,27)28,10-4-2-1-3-5-10)13-9-15(22)18(25)16(23)17(13)24/h1-9,24-25H,(H,26,27,28). The Bertz CT molecular complexity index is 1200. The van der Waals surface area contributed by atoms with Gasteiger partial charge in [0.05, 0.1) is 5.02 Å². The number of hydrogen-bond donors (Lipinski definition) is 3. The van der Waals surface area contributed by atoms with E-state index in [4.69, 9.17) is 46.4 Å². The van der Waals surface area contributed by atoms with E-state index in [1.54, 1.807) is 6.07 Å². The van der Waals surface area contributed by atoms with Crippen LogP contribution in [0.2, 0.25) is 20.1 Å². The van der Waals surface area contributed by atoms with E-state index in [-0.39, 0.29) is 26.2 Å². The summed E-state index contributed by atoms with van der Waals surface area (Å²) in [5, 5.41) is 19.8. The van der Waals surface area contributed by atoms with E-state index in [1.165, 1.54) is 42.5 Å². The number of benzene rings is 3. The van der Waals surface area contributed by atoms with Crippen LogP contribution in [0.25, 0.3) is 0 Å². The second kappa shape index (κ2) is 7.87. The lowest BCUT2D eigenvalue weighted by molar-refractivity contribution is 0.431. The molecule has 0 saturated heterocycles. The molecule has 152 valence electrons. The van der Waals surface area contributed by atoms with E-state index in [1.807, 2.05) is 0 Å². The van der Waals surface area contributed by atoms with Crippen molar-refractivity contribution in [3.8, 4) is 11.5 Å². The average molecular weight is 494 g/mol. The van der Waals surface area contributed by atoms with Crippen molar-refractivity contribution in [2.24, 2.45) is 0 Å². The van der Waals surface area contributed by atoms with E-state index in [0.717, 1.165) is 6.07 Å². The molecule has 3 rings (SSSR count). The zero-order valence-corrected chi connectivity index (χ0v) is 18.1. The third kappa shape index (κ3) is 3.54. The minimum Gasteiger partial charge on any atom is -0.506 e. The van der Waals surface area contributed by atoms with Gasteiger partial charge in [-0.1, -0.05) is 76.7 Å². The molecule has 0 aliphatic heterocycles. The molecule has 5 nitrogen and oxygen atoms in total. The van der Waals surface area contributed by atoms with Crippen LogP contribution in [0.15, 0.2) is 54.6 Å². The maximum Gasteiger partial charge on any atom is 0.283 e. The molecule has 0 radical (unpaired) electrons. The number of hydrogen-bond acceptors (Lipinski definition) is 4. The summed E-state index contributed by atoms with van der Waals surface area (Å²) in [6.45, 7) is 0. The van der Waals surface area contributed by atoms with Crippen LogP contribution in [0.1, 0.15) is 16.7 Å². The predicted molar refractivity (Wildman–Crippen MR) is 114 cm³/mol. The van der Waals surface area contributed by atoms with Crippen LogP contribution in [0.5, 0.6) is 11.5 Å². The van der Waals surface area contributed by atoms with Crippen LogP contribution >= 0.6 is 46.4 Å². The zero-order chi connectivity index (χ0) is 21.6. The molecule has 0 aliphatic rings. The first-order valence-corrected chi connectivity index (χ1v) is 10.9. The van der Waals surface area contributed by atoms with Crippen molar-refractivity contribution < 1.29 is 23.2 Å². The highest BCUT2D eigenvalue weighted by atomic mass is 35.5. The first-order valence-electron chi connectivity index (χ1n) is 7.90. The topological polar surface area (TPSA) is 94.8 Å². The third-order valence-electron chi connectivity index (χ3n) is 4.42. The van der Waals surface area contributed by atoms with Gasteiger partial charge in [-0.05, 0) is 29.8 Å². The molecule has 3 N–H and O–H groups in total. The lowest BCUT2D eigenvalue weighted by atomic mass is 9.83. The van der Waals surface area contributed by atoms with Gasteiger partial charge in [-0.3, -0.25) is 4.55 Å². The molecule has 0 aliphatic carbocycles. The Morgan fingerprint density at radius 2 is 1.38 bits per heavy atom. The molecule has 10 heteroatoms. The molecule has 3 aromatic rings. The highest BCUT2D eigenvalue weighted by Crippen LogP contribution is 2.53. The second-order valence-electron chi connectivity index (χ2n) is 6.06. The molecule has 0 spiro atoms. The summed E-state index contributed by atoms with van der Waals surface area (Å²) in [5.41, 5.74) is -0.531. The summed E-state index contributed by atoms with van der Waals surface area (Å²) < 4.78 is 34.0. The number of phenolic OH excluding ortho intramolecular Hbond substituents is 2. The Morgan fingerprint density at radius 1 is 0.759 bits per heavy atom. The number of aromatic hydroxyl groups is 2. The highest BCUT2D eigenvalue weighted by Gasteiger charge is 2.52. The fourth-order valence-corrected chi connectivity index (χ4v) is 5.45. The summed E-state index contributed by atoms with van der Waals surface area (Å²) >= 11 is 24.4. The molecule has 0 amide bonds. The second-order valence-corrected chi connectivity index (χ2v) is 9.25. The van der Waals surface area contributed by atoms with E-state index in [0.29, 0.717) is 0 Å². The molecule has 1 atom stereocenters. The maximum absolute atomic E-state index is 13.0. The summed E-state index contributed by atoms with van der Waals surface area (Å²) in [6.07, 6.45) is 0. The Hall–Kier alpha value is -1.67. The van der Waals surface area contributed by atoms with E-state index >= 15 is 0 Å². The van der Waals surface area contributed by atoms with Crippen LogP contribution < -0.4 is 0 Å². The van der Waals surface area contributed by atoms with Crippen LogP contribution in [0.4, 0.5) is 0 Å². The van der Waals surface area contributed by atoms with E-state index in [2.05, 4.69) is 0 Å². The number of rotatable bonds is 4. The van der Waals surface area contributed by atoms with Gasteiger partial charge >= 0.3 is 0 Å². The fourth-order valence-electron chi connectivity index (χ4n) is 3.19. The molecule has 1 unspecified atom stereocenters. The maximum atomic E-state index is 13.0. The van der Waals surface area contributed by atoms with Gasteiger partial charge in [0, 0.05) is 21.2 Å². The Kier molecular flexibility index (Phi) is 5.98. The Balaban J connectivity index is 2.65. The van der Waals surface area contributed by atoms with Crippen molar-refractivity contribution in [2.75, 3.05) is 0 Å². The van der Waals surface area contributed by atoms with E-state index < -0.39 is 37.0 Å². The predicted octanol–water partition coefficient (Wildman–Crippen LogP) is 5.89. The van der Waals surface area contributed by atoms with Crippen molar-refractivity contribution in [2.45, 2.75) is 4.75 Å².